The van der Waals surface area contributed by atoms with Crippen LogP contribution >= 0.6 is 0 Å². The maximum absolute atomic E-state index is 12.9. The van der Waals surface area contributed by atoms with Gasteiger partial charge in [-0.05, 0) is 25.5 Å². The summed E-state index contributed by atoms with van der Waals surface area (Å²) in [6.45, 7) is 3.71. The molecule has 0 bridgehead atoms. The van der Waals surface area contributed by atoms with E-state index >= 15 is 0 Å². The second-order valence-corrected chi connectivity index (χ2v) is 8.80. The zero-order chi connectivity index (χ0) is 22.9. The van der Waals surface area contributed by atoms with E-state index in [1.165, 1.54) is 0 Å². The highest BCUT2D eigenvalue weighted by Crippen LogP contribution is 2.32. The lowest BCUT2D eigenvalue weighted by Crippen LogP contribution is -2.23. The fourth-order valence-corrected chi connectivity index (χ4v) is 4.46. The van der Waals surface area contributed by atoms with Gasteiger partial charge in [0.15, 0.2) is 5.82 Å². The van der Waals surface area contributed by atoms with Crippen molar-refractivity contribution in [2.75, 3.05) is 32.1 Å². The van der Waals surface area contributed by atoms with Crippen molar-refractivity contribution in [1.29, 1.82) is 0 Å². The second-order valence-electron chi connectivity index (χ2n) is 8.80. The van der Waals surface area contributed by atoms with Crippen molar-refractivity contribution in [1.82, 2.24) is 19.9 Å². The highest BCUT2D eigenvalue weighted by molar-refractivity contribution is 6.06. The summed E-state index contributed by atoms with van der Waals surface area (Å²) in [5, 5.41) is 0.897. The van der Waals surface area contributed by atoms with Gasteiger partial charge in [0.25, 0.3) is 5.91 Å². The Morgan fingerprint density at radius 1 is 0.970 bits per heavy atom. The second kappa shape index (κ2) is 8.62. The number of rotatable bonds is 4. The Morgan fingerprint density at radius 2 is 1.73 bits per heavy atom. The minimum Gasteiger partial charge on any atom is -0.356 e. The fraction of sp³-hybridized carbons (Fsp3) is 0.259. The Kier molecular flexibility index (Phi) is 5.50. The predicted molar refractivity (Wildman–Crippen MR) is 132 cm³/mol. The van der Waals surface area contributed by atoms with Gasteiger partial charge < -0.3 is 9.80 Å². The van der Waals surface area contributed by atoms with Crippen LogP contribution in [0.2, 0.25) is 0 Å². The van der Waals surface area contributed by atoms with E-state index in [0.717, 1.165) is 59.0 Å². The van der Waals surface area contributed by atoms with Crippen LogP contribution in [0.25, 0.3) is 22.3 Å². The van der Waals surface area contributed by atoms with Crippen molar-refractivity contribution in [2.45, 2.75) is 19.3 Å². The van der Waals surface area contributed by atoms with Crippen molar-refractivity contribution in [3.05, 3.63) is 83.7 Å². The summed E-state index contributed by atoms with van der Waals surface area (Å²) in [5.74, 6) is 1.92. The molecular formula is C27H27N5O. The van der Waals surface area contributed by atoms with Gasteiger partial charge >= 0.3 is 0 Å². The van der Waals surface area contributed by atoms with Crippen molar-refractivity contribution in [3.63, 3.8) is 0 Å². The molecule has 1 fully saturated rings. The molecule has 0 aliphatic carbocycles. The number of nitrogens with zero attached hydrogens (tertiary/aromatic N) is 5. The number of para-hydroxylation sites is 1. The van der Waals surface area contributed by atoms with E-state index in [-0.39, 0.29) is 11.8 Å². The monoisotopic (exact) mass is 437 g/mol. The van der Waals surface area contributed by atoms with Crippen molar-refractivity contribution in [3.8, 4) is 11.4 Å². The van der Waals surface area contributed by atoms with E-state index in [0.29, 0.717) is 5.56 Å². The molecule has 4 aromatic rings. The number of aryl methyl sites for hydroxylation is 1. The van der Waals surface area contributed by atoms with Crippen LogP contribution in [0.1, 0.15) is 34.1 Å². The summed E-state index contributed by atoms with van der Waals surface area (Å²) in [5.41, 5.74) is 4.51. The molecule has 1 unspecified atom stereocenters. The summed E-state index contributed by atoms with van der Waals surface area (Å²) in [6.07, 6.45) is 0.963. The molecule has 6 nitrogen and oxygen atoms in total. The highest BCUT2D eigenvalue weighted by atomic mass is 16.2. The van der Waals surface area contributed by atoms with Crippen LogP contribution in [0.4, 0.5) is 5.82 Å². The molecule has 0 saturated carbocycles. The lowest BCUT2D eigenvalue weighted by molar-refractivity contribution is 0.0829. The quantitative estimate of drug-likeness (QED) is 0.463. The molecule has 166 valence electrons. The lowest BCUT2D eigenvalue weighted by Gasteiger charge is -2.19. The van der Waals surface area contributed by atoms with E-state index in [1.807, 2.05) is 73.7 Å². The standard InChI is InChI=1S/C27H27N5O/c1-18-15-25(30-26(28-18)19-9-5-4-6-10-19)32-14-13-20(17-32)24-16-22(27(33)31(2)3)21-11-7-8-12-23(21)29-24/h4-12,15-16,20H,13-14,17H2,1-3H3. The predicted octanol–water partition coefficient (Wildman–Crippen LogP) is 4.70. The van der Waals surface area contributed by atoms with Crippen LogP contribution in [0.15, 0.2) is 66.7 Å². The van der Waals surface area contributed by atoms with Crippen LogP contribution < -0.4 is 4.90 Å². The number of carbonyl (C=O) groups is 1. The Morgan fingerprint density at radius 3 is 2.52 bits per heavy atom. The summed E-state index contributed by atoms with van der Waals surface area (Å²) in [6, 6.07) is 22.0. The van der Waals surface area contributed by atoms with Crippen molar-refractivity contribution >= 4 is 22.6 Å². The number of pyridine rings is 1. The zero-order valence-electron chi connectivity index (χ0n) is 19.2. The van der Waals surface area contributed by atoms with Crippen LogP contribution in [-0.2, 0) is 0 Å². The first kappa shape index (κ1) is 21.1. The molecule has 1 atom stereocenters. The first-order valence-electron chi connectivity index (χ1n) is 11.3. The zero-order valence-corrected chi connectivity index (χ0v) is 19.2. The van der Waals surface area contributed by atoms with Gasteiger partial charge in [-0.3, -0.25) is 9.78 Å². The molecule has 3 heterocycles. The van der Waals surface area contributed by atoms with E-state index in [4.69, 9.17) is 9.97 Å². The van der Waals surface area contributed by atoms with Gasteiger partial charge in [-0.15, -0.1) is 0 Å². The molecule has 0 spiro atoms. The minimum atomic E-state index is 0.00336. The molecular weight excluding hydrogens is 410 g/mol. The van der Waals surface area contributed by atoms with Crippen molar-refractivity contribution < 1.29 is 4.79 Å². The third kappa shape index (κ3) is 4.16. The van der Waals surface area contributed by atoms with Crippen LogP contribution in [0.5, 0.6) is 0 Å². The van der Waals surface area contributed by atoms with Gasteiger partial charge in [-0.2, -0.15) is 0 Å². The molecule has 2 aromatic heterocycles. The molecule has 1 aliphatic heterocycles. The SMILES string of the molecule is Cc1cc(N2CCC(c3cc(C(=O)N(C)C)c4ccccc4n3)C2)nc(-c2ccccc2)n1. The molecule has 1 aliphatic rings. The average molecular weight is 438 g/mol. The smallest absolute Gasteiger partial charge is 0.254 e. The summed E-state index contributed by atoms with van der Waals surface area (Å²) >= 11 is 0. The average Bonchev–Trinajstić information content (AvgIpc) is 3.33. The molecule has 2 aromatic carbocycles. The molecule has 1 amide bonds. The number of aromatic nitrogens is 3. The molecule has 33 heavy (non-hydrogen) atoms. The summed E-state index contributed by atoms with van der Waals surface area (Å²) in [4.78, 5) is 31.3. The van der Waals surface area contributed by atoms with Gasteiger partial charge in [0.1, 0.15) is 5.82 Å². The molecule has 5 rings (SSSR count). The Hall–Kier alpha value is -3.80. The van der Waals surface area contributed by atoms with Gasteiger partial charge in [0.05, 0.1) is 11.1 Å². The number of carbonyl (C=O) groups excluding carboxylic acids is 1. The van der Waals surface area contributed by atoms with E-state index in [9.17, 15) is 4.79 Å². The number of anilines is 1. The highest BCUT2D eigenvalue weighted by Gasteiger charge is 2.28. The Labute approximate surface area is 193 Å². The Balaban J connectivity index is 1.46. The van der Waals surface area contributed by atoms with E-state index < -0.39 is 0 Å². The maximum atomic E-state index is 12.9. The number of hydrogen-bond acceptors (Lipinski definition) is 5. The van der Waals surface area contributed by atoms with Gasteiger partial charge in [-0.1, -0.05) is 48.5 Å². The third-order valence-electron chi connectivity index (χ3n) is 6.18. The van der Waals surface area contributed by atoms with Crippen LogP contribution in [0.3, 0.4) is 0 Å². The van der Waals surface area contributed by atoms with Gasteiger partial charge in [0, 0.05) is 61.5 Å². The number of hydrogen-bond donors (Lipinski definition) is 0. The molecule has 0 N–H and O–H groups in total. The van der Waals surface area contributed by atoms with E-state index in [2.05, 4.69) is 9.88 Å². The molecule has 6 heteroatoms. The Bertz CT molecular complexity index is 1320. The largest absolute Gasteiger partial charge is 0.356 e. The summed E-state index contributed by atoms with van der Waals surface area (Å²) in [7, 11) is 3.58. The number of amides is 1. The fourth-order valence-electron chi connectivity index (χ4n) is 4.46. The third-order valence-corrected chi connectivity index (χ3v) is 6.18. The first-order valence-corrected chi connectivity index (χ1v) is 11.3. The summed E-state index contributed by atoms with van der Waals surface area (Å²) < 4.78 is 0. The number of fused-ring (bicyclic) bond motifs is 1. The normalized spacial score (nSPS) is 15.7. The minimum absolute atomic E-state index is 0.00336. The first-order chi connectivity index (χ1) is 16.0. The van der Waals surface area contributed by atoms with Crippen LogP contribution in [0, 0.1) is 6.92 Å². The lowest BCUT2D eigenvalue weighted by atomic mass is 9.99. The maximum Gasteiger partial charge on any atom is 0.254 e. The topological polar surface area (TPSA) is 62.2 Å². The van der Waals surface area contributed by atoms with Crippen molar-refractivity contribution in [2.24, 2.45) is 0 Å². The van der Waals surface area contributed by atoms with Gasteiger partial charge in [-0.25, -0.2) is 9.97 Å². The van der Waals surface area contributed by atoms with Gasteiger partial charge in [0.2, 0.25) is 0 Å². The molecule has 1 saturated heterocycles. The number of benzene rings is 2. The molecule has 0 radical (unpaired) electrons. The van der Waals surface area contributed by atoms with E-state index in [1.54, 1.807) is 19.0 Å². The van der Waals surface area contributed by atoms with Crippen LogP contribution in [-0.4, -0.2) is 52.9 Å².